The summed E-state index contributed by atoms with van der Waals surface area (Å²) in [5.74, 6) is 1.27. The molecule has 0 amide bonds. The molecule has 0 aliphatic rings. The number of aryl methyl sites for hydroxylation is 1. The highest BCUT2D eigenvalue weighted by atomic mass is 32.2. The Labute approximate surface area is 93.2 Å². The lowest BCUT2D eigenvalue weighted by atomic mass is 10.2. The van der Waals surface area contributed by atoms with Crippen LogP contribution in [0.1, 0.15) is 12.6 Å². The zero-order chi connectivity index (χ0) is 11.3. The molecule has 84 valence electrons. The van der Waals surface area contributed by atoms with Crippen molar-refractivity contribution in [1.29, 1.82) is 0 Å². The quantitative estimate of drug-likeness (QED) is 0.701. The zero-order valence-electron chi connectivity index (χ0n) is 9.14. The lowest BCUT2D eigenvalue weighted by molar-refractivity contribution is -0.143. The summed E-state index contributed by atoms with van der Waals surface area (Å²) in [5.41, 5.74) is 0.930. The van der Waals surface area contributed by atoms with E-state index in [1.807, 2.05) is 20.2 Å². The largest absolute Gasteiger partial charge is 0.469 e. The van der Waals surface area contributed by atoms with Crippen molar-refractivity contribution in [3.63, 3.8) is 0 Å². The maximum absolute atomic E-state index is 11.1. The van der Waals surface area contributed by atoms with Gasteiger partial charge >= 0.3 is 5.97 Å². The number of aromatic nitrogens is 3. The van der Waals surface area contributed by atoms with Gasteiger partial charge < -0.3 is 4.74 Å². The van der Waals surface area contributed by atoms with Gasteiger partial charge in [0.15, 0.2) is 0 Å². The summed E-state index contributed by atoms with van der Waals surface area (Å²) in [7, 11) is 3.24. The monoisotopic (exact) mass is 229 g/mol. The number of hydrogen-bond donors (Lipinski definition) is 0. The van der Waals surface area contributed by atoms with E-state index in [0.717, 1.165) is 17.2 Å². The van der Waals surface area contributed by atoms with Gasteiger partial charge in [-0.05, 0) is 0 Å². The molecule has 0 aromatic carbocycles. The molecule has 1 heterocycles. The molecule has 6 heteroatoms. The molecule has 0 aliphatic heterocycles. The number of rotatable bonds is 5. The van der Waals surface area contributed by atoms with Gasteiger partial charge in [-0.25, -0.2) is 0 Å². The SMILES string of the molecule is COC(=O)C(C)CSCc1cn(C)nn1. The van der Waals surface area contributed by atoms with E-state index >= 15 is 0 Å². The van der Waals surface area contributed by atoms with Crippen LogP contribution in [-0.2, 0) is 22.3 Å². The molecule has 1 aromatic heterocycles. The summed E-state index contributed by atoms with van der Waals surface area (Å²) in [6, 6.07) is 0. The van der Waals surface area contributed by atoms with Gasteiger partial charge in [0, 0.05) is 24.8 Å². The molecule has 0 radical (unpaired) electrons. The minimum atomic E-state index is -0.165. The van der Waals surface area contributed by atoms with Crippen molar-refractivity contribution in [1.82, 2.24) is 15.0 Å². The van der Waals surface area contributed by atoms with Crippen molar-refractivity contribution < 1.29 is 9.53 Å². The number of nitrogens with zero attached hydrogens (tertiary/aromatic N) is 3. The summed E-state index contributed by atoms with van der Waals surface area (Å²) in [4.78, 5) is 11.1. The van der Waals surface area contributed by atoms with E-state index in [4.69, 9.17) is 0 Å². The molecule has 1 aromatic rings. The predicted octanol–water partition coefficient (Wildman–Crippen LogP) is 0.857. The lowest BCUT2D eigenvalue weighted by Crippen LogP contribution is -2.14. The van der Waals surface area contributed by atoms with E-state index in [9.17, 15) is 4.79 Å². The van der Waals surface area contributed by atoms with Crippen LogP contribution in [0.15, 0.2) is 6.20 Å². The van der Waals surface area contributed by atoms with Crippen LogP contribution in [-0.4, -0.2) is 33.8 Å². The van der Waals surface area contributed by atoms with Crippen molar-refractivity contribution in [3.8, 4) is 0 Å². The number of esters is 1. The molecule has 1 atom stereocenters. The first kappa shape index (κ1) is 12.0. The number of thioether (sulfide) groups is 1. The molecule has 0 fully saturated rings. The van der Waals surface area contributed by atoms with Crippen molar-refractivity contribution in [2.24, 2.45) is 13.0 Å². The van der Waals surface area contributed by atoms with E-state index in [2.05, 4.69) is 15.0 Å². The normalized spacial score (nSPS) is 12.5. The molecule has 0 saturated carbocycles. The fourth-order valence-corrected chi connectivity index (χ4v) is 2.02. The van der Waals surface area contributed by atoms with Crippen LogP contribution in [0.4, 0.5) is 0 Å². The summed E-state index contributed by atoms with van der Waals surface area (Å²) in [6.45, 7) is 1.86. The second-order valence-electron chi connectivity index (χ2n) is 3.32. The standard InChI is InChI=1S/C9H15N3O2S/c1-7(9(13)14-3)5-15-6-8-4-12(2)11-10-8/h4,7H,5-6H2,1-3H3. The van der Waals surface area contributed by atoms with Crippen LogP contribution in [0, 0.1) is 5.92 Å². The van der Waals surface area contributed by atoms with Gasteiger partial charge in [0.25, 0.3) is 0 Å². The van der Waals surface area contributed by atoms with Crippen LogP contribution in [0.2, 0.25) is 0 Å². The Morgan fingerprint density at radius 3 is 3.00 bits per heavy atom. The molecule has 0 saturated heterocycles. The molecule has 0 N–H and O–H groups in total. The molecule has 1 rings (SSSR count). The van der Waals surface area contributed by atoms with Gasteiger partial charge in [-0.3, -0.25) is 9.48 Å². The third-order valence-electron chi connectivity index (χ3n) is 1.87. The maximum atomic E-state index is 11.1. The van der Waals surface area contributed by atoms with E-state index in [0.29, 0.717) is 0 Å². The van der Waals surface area contributed by atoms with Crippen molar-refractivity contribution in [3.05, 3.63) is 11.9 Å². The summed E-state index contributed by atoms with van der Waals surface area (Å²) in [5, 5.41) is 7.78. The highest BCUT2D eigenvalue weighted by molar-refractivity contribution is 7.98. The summed E-state index contributed by atoms with van der Waals surface area (Å²) < 4.78 is 6.30. The number of hydrogen-bond acceptors (Lipinski definition) is 5. The first-order valence-electron chi connectivity index (χ1n) is 4.64. The van der Waals surface area contributed by atoms with Crippen LogP contribution in [0.5, 0.6) is 0 Å². The predicted molar refractivity (Wildman–Crippen MR) is 58.3 cm³/mol. The van der Waals surface area contributed by atoms with Gasteiger partial charge in [-0.15, -0.1) is 5.10 Å². The zero-order valence-corrected chi connectivity index (χ0v) is 9.95. The Bertz CT molecular complexity index is 327. The van der Waals surface area contributed by atoms with Crippen molar-refractivity contribution in [2.45, 2.75) is 12.7 Å². The second-order valence-corrected chi connectivity index (χ2v) is 4.35. The Morgan fingerprint density at radius 2 is 2.47 bits per heavy atom. The maximum Gasteiger partial charge on any atom is 0.309 e. The topological polar surface area (TPSA) is 57.0 Å². The first-order valence-corrected chi connectivity index (χ1v) is 5.79. The van der Waals surface area contributed by atoms with E-state index in [1.165, 1.54) is 7.11 Å². The third-order valence-corrected chi connectivity index (χ3v) is 3.11. The third kappa shape index (κ3) is 3.91. The van der Waals surface area contributed by atoms with Gasteiger partial charge in [-0.2, -0.15) is 11.8 Å². The Balaban J connectivity index is 2.24. The van der Waals surface area contributed by atoms with Gasteiger partial charge in [0.05, 0.1) is 18.7 Å². The van der Waals surface area contributed by atoms with E-state index in [-0.39, 0.29) is 11.9 Å². The molecule has 0 bridgehead atoms. The van der Waals surface area contributed by atoms with Crippen LogP contribution < -0.4 is 0 Å². The average molecular weight is 229 g/mol. The molecule has 5 nitrogen and oxygen atoms in total. The highest BCUT2D eigenvalue weighted by Crippen LogP contribution is 2.14. The van der Waals surface area contributed by atoms with Crippen LogP contribution >= 0.6 is 11.8 Å². The molecule has 15 heavy (non-hydrogen) atoms. The average Bonchev–Trinajstić information content (AvgIpc) is 2.63. The van der Waals surface area contributed by atoms with E-state index < -0.39 is 0 Å². The highest BCUT2D eigenvalue weighted by Gasteiger charge is 2.12. The van der Waals surface area contributed by atoms with Crippen molar-refractivity contribution in [2.75, 3.05) is 12.9 Å². The molecule has 0 spiro atoms. The number of carbonyl (C=O) groups excluding carboxylic acids is 1. The Morgan fingerprint density at radius 1 is 1.73 bits per heavy atom. The number of methoxy groups -OCH3 is 1. The fraction of sp³-hybridized carbons (Fsp3) is 0.667. The van der Waals surface area contributed by atoms with Crippen LogP contribution in [0.25, 0.3) is 0 Å². The van der Waals surface area contributed by atoms with E-state index in [1.54, 1.807) is 16.4 Å². The van der Waals surface area contributed by atoms with Crippen LogP contribution in [0.3, 0.4) is 0 Å². The molecule has 0 aliphatic carbocycles. The van der Waals surface area contributed by atoms with Gasteiger partial charge in [0.1, 0.15) is 0 Å². The minimum absolute atomic E-state index is 0.0725. The second kappa shape index (κ2) is 5.75. The Hall–Kier alpha value is -1.04. The van der Waals surface area contributed by atoms with Gasteiger partial charge in [-0.1, -0.05) is 12.1 Å². The molecular weight excluding hydrogens is 214 g/mol. The first-order chi connectivity index (χ1) is 7.13. The van der Waals surface area contributed by atoms with Gasteiger partial charge in [0.2, 0.25) is 0 Å². The summed E-state index contributed by atoms with van der Waals surface area (Å²) in [6.07, 6.45) is 1.87. The minimum Gasteiger partial charge on any atom is -0.469 e. The fourth-order valence-electron chi connectivity index (χ4n) is 1.07. The molecular formula is C9H15N3O2S. The number of carbonyl (C=O) groups is 1. The molecule has 1 unspecified atom stereocenters. The van der Waals surface area contributed by atoms with Crippen molar-refractivity contribution >= 4 is 17.7 Å². The Kier molecular flexibility index (Phi) is 4.61. The summed E-state index contributed by atoms with van der Waals surface area (Å²) >= 11 is 1.65. The number of ether oxygens (including phenoxy) is 1. The smallest absolute Gasteiger partial charge is 0.309 e. The lowest BCUT2D eigenvalue weighted by Gasteiger charge is -2.07.